The van der Waals surface area contributed by atoms with Crippen molar-refractivity contribution in [3.05, 3.63) is 81.2 Å². The van der Waals surface area contributed by atoms with Crippen LogP contribution in [0.5, 0.6) is 5.75 Å². The van der Waals surface area contributed by atoms with Gasteiger partial charge in [-0.1, -0.05) is 47.5 Å². The number of para-hydroxylation sites is 1. The number of amides is 2. The molecule has 0 unspecified atom stereocenters. The van der Waals surface area contributed by atoms with Gasteiger partial charge in [0.05, 0.1) is 21.1 Å². The van der Waals surface area contributed by atoms with Crippen LogP contribution in [0.2, 0.25) is 10.0 Å². The molecule has 0 atom stereocenters. The van der Waals surface area contributed by atoms with E-state index in [1.807, 2.05) is 61.1 Å². The standard InChI is InChI=1S/C29H31Cl2N5O3/c1-34(2)16-17-39-22-9-6-19(7-10-22)23-4-3-5-26-27(23)33-29(38)36(26)21-12-14-35(15-13-21)28(37)32-20-8-11-24(30)25(31)18-20/h3-11,18,21H,12-17H2,1-2H3,(H,32,37)(H,33,38). The van der Waals surface area contributed by atoms with E-state index in [1.165, 1.54) is 0 Å². The number of H-pyrrole nitrogens is 1. The lowest BCUT2D eigenvalue weighted by Gasteiger charge is -2.32. The van der Waals surface area contributed by atoms with Gasteiger partial charge in [-0.2, -0.15) is 0 Å². The van der Waals surface area contributed by atoms with Gasteiger partial charge in [0.1, 0.15) is 12.4 Å². The van der Waals surface area contributed by atoms with Crippen molar-refractivity contribution in [3.63, 3.8) is 0 Å². The number of likely N-dealkylation sites (N-methyl/N-ethyl adjacent to an activating group) is 1. The average molecular weight is 569 g/mol. The maximum absolute atomic E-state index is 13.1. The molecule has 1 fully saturated rings. The molecule has 1 aromatic heterocycles. The van der Waals surface area contributed by atoms with Crippen LogP contribution in [0.4, 0.5) is 10.5 Å². The van der Waals surface area contributed by atoms with Crippen molar-refractivity contribution in [2.75, 3.05) is 45.7 Å². The third kappa shape index (κ3) is 6.08. The highest BCUT2D eigenvalue weighted by molar-refractivity contribution is 6.42. The van der Waals surface area contributed by atoms with Crippen LogP contribution < -0.4 is 15.7 Å². The van der Waals surface area contributed by atoms with Crippen molar-refractivity contribution in [3.8, 4) is 16.9 Å². The Morgan fingerprint density at radius 1 is 1.05 bits per heavy atom. The number of urea groups is 1. The Kier molecular flexibility index (Phi) is 8.16. The fourth-order valence-corrected chi connectivity index (χ4v) is 5.23. The fourth-order valence-electron chi connectivity index (χ4n) is 4.93. The van der Waals surface area contributed by atoms with Crippen LogP contribution >= 0.6 is 23.2 Å². The van der Waals surface area contributed by atoms with Gasteiger partial charge in [0.25, 0.3) is 0 Å². The molecule has 8 nitrogen and oxygen atoms in total. The zero-order chi connectivity index (χ0) is 27.5. The van der Waals surface area contributed by atoms with E-state index in [2.05, 4.69) is 15.2 Å². The predicted octanol–water partition coefficient (Wildman–Crippen LogP) is 6.11. The molecule has 2 heterocycles. The average Bonchev–Trinajstić information content (AvgIpc) is 3.27. The molecule has 10 heteroatoms. The zero-order valence-corrected chi connectivity index (χ0v) is 23.4. The first kappa shape index (κ1) is 27.1. The van der Waals surface area contributed by atoms with Crippen LogP contribution in [0.25, 0.3) is 22.2 Å². The second-order valence-corrected chi connectivity index (χ2v) is 10.8. The minimum absolute atomic E-state index is 0.0111. The number of halogens is 2. The summed E-state index contributed by atoms with van der Waals surface area (Å²) in [5.41, 5.74) is 4.08. The van der Waals surface area contributed by atoms with E-state index in [1.54, 1.807) is 23.1 Å². The molecule has 0 radical (unpaired) electrons. The number of rotatable bonds is 7. The Balaban J connectivity index is 1.28. The topological polar surface area (TPSA) is 82.6 Å². The molecule has 3 aromatic carbocycles. The van der Waals surface area contributed by atoms with E-state index in [0.717, 1.165) is 34.5 Å². The minimum atomic E-state index is -0.200. The number of aromatic nitrogens is 2. The third-order valence-corrected chi connectivity index (χ3v) is 7.75. The number of imidazole rings is 1. The van der Waals surface area contributed by atoms with E-state index in [-0.39, 0.29) is 17.8 Å². The van der Waals surface area contributed by atoms with E-state index < -0.39 is 0 Å². The van der Waals surface area contributed by atoms with Crippen molar-refractivity contribution >= 4 is 46.0 Å². The number of hydrogen-bond acceptors (Lipinski definition) is 4. The van der Waals surface area contributed by atoms with Gasteiger partial charge in [0.15, 0.2) is 0 Å². The monoisotopic (exact) mass is 567 g/mol. The summed E-state index contributed by atoms with van der Waals surface area (Å²) in [4.78, 5) is 32.9. The molecular weight excluding hydrogens is 537 g/mol. The van der Waals surface area contributed by atoms with Crippen molar-refractivity contribution in [2.24, 2.45) is 0 Å². The number of ether oxygens (including phenoxy) is 1. The normalized spacial score (nSPS) is 14.2. The lowest BCUT2D eigenvalue weighted by Crippen LogP contribution is -2.42. The van der Waals surface area contributed by atoms with Gasteiger partial charge in [0.2, 0.25) is 0 Å². The molecule has 4 aromatic rings. The molecule has 39 heavy (non-hydrogen) atoms. The first-order valence-electron chi connectivity index (χ1n) is 12.9. The number of anilines is 1. The highest BCUT2D eigenvalue weighted by atomic mass is 35.5. The maximum Gasteiger partial charge on any atom is 0.326 e. The van der Waals surface area contributed by atoms with Crippen LogP contribution in [-0.2, 0) is 0 Å². The molecule has 5 rings (SSSR count). The number of hydrogen-bond donors (Lipinski definition) is 2. The molecule has 0 bridgehead atoms. The number of carbonyl (C=O) groups excluding carboxylic acids is 1. The minimum Gasteiger partial charge on any atom is -0.492 e. The van der Waals surface area contributed by atoms with Gasteiger partial charge in [-0.25, -0.2) is 9.59 Å². The number of nitrogens with zero attached hydrogens (tertiary/aromatic N) is 3. The summed E-state index contributed by atoms with van der Waals surface area (Å²) in [6.07, 6.45) is 1.34. The molecule has 1 aliphatic heterocycles. The van der Waals surface area contributed by atoms with Crippen molar-refractivity contribution in [2.45, 2.75) is 18.9 Å². The van der Waals surface area contributed by atoms with Crippen LogP contribution in [0, 0.1) is 0 Å². The summed E-state index contributed by atoms with van der Waals surface area (Å²) in [7, 11) is 4.03. The number of benzene rings is 3. The van der Waals surface area contributed by atoms with Crippen LogP contribution in [0.3, 0.4) is 0 Å². The summed E-state index contributed by atoms with van der Waals surface area (Å²) in [5.74, 6) is 0.814. The predicted molar refractivity (Wildman–Crippen MR) is 157 cm³/mol. The second-order valence-electron chi connectivity index (χ2n) is 9.95. The Morgan fingerprint density at radius 3 is 2.49 bits per heavy atom. The largest absolute Gasteiger partial charge is 0.492 e. The molecule has 1 saturated heterocycles. The number of piperidine rings is 1. The number of nitrogens with one attached hydrogen (secondary N) is 2. The SMILES string of the molecule is CN(C)CCOc1ccc(-c2cccc3c2[nH]c(=O)n3C2CCN(C(=O)Nc3ccc(Cl)c(Cl)c3)CC2)cc1. The molecule has 2 N–H and O–H groups in total. The molecule has 1 aliphatic rings. The van der Waals surface area contributed by atoms with E-state index in [4.69, 9.17) is 27.9 Å². The smallest absolute Gasteiger partial charge is 0.326 e. The van der Waals surface area contributed by atoms with Gasteiger partial charge in [-0.05, 0) is 68.9 Å². The Morgan fingerprint density at radius 2 is 1.79 bits per heavy atom. The van der Waals surface area contributed by atoms with Crippen LogP contribution in [0.15, 0.2) is 65.5 Å². The zero-order valence-electron chi connectivity index (χ0n) is 21.9. The summed E-state index contributed by atoms with van der Waals surface area (Å²) in [6, 6.07) is 18.7. The van der Waals surface area contributed by atoms with Crippen LogP contribution in [0.1, 0.15) is 18.9 Å². The van der Waals surface area contributed by atoms with Crippen molar-refractivity contribution in [1.29, 1.82) is 0 Å². The molecule has 0 spiro atoms. The molecule has 0 saturated carbocycles. The third-order valence-electron chi connectivity index (χ3n) is 7.01. The lowest BCUT2D eigenvalue weighted by atomic mass is 10.0. The fraction of sp³-hybridized carbons (Fsp3) is 0.310. The van der Waals surface area contributed by atoms with E-state index >= 15 is 0 Å². The quantitative estimate of drug-likeness (QED) is 0.282. The summed E-state index contributed by atoms with van der Waals surface area (Å²) < 4.78 is 7.66. The van der Waals surface area contributed by atoms with Gasteiger partial charge in [0, 0.05) is 36.9 Å². The Labute approximate surface area is 237 Å². The first-order chi connectivity index (χ1) is 18.8. The number of fused-ring (bicyclic) bond motifs is 1. The molecule has 0 aliphatic carbocycles. The van der Waals surface area contributed by atoms with Gasteiger partial charge in [-0.3, -0.25) is 4.57 Å². The Hall–Kier alpha value is -3.46. The van der Waals surface area contributed by atoms with Gasteiger partial charge in [-0.15, -0.1) is 0 Å². The van der Waals surface area contributed by atoms with Crippen LogP contribution in [-0.4, -0.2) is 65.7 Å². The Bertz CT molecular complexity index is 1520. The second kappa shape index (κ2) is 11.7. The molecule has 2 amide bonds. The first-order valence-corrected chi connectivity index (χ1v) is 13.7. The highest BCUT2D eigenvalue weighted by Gasteiger charge is 2.26. The summed E-state index contributed by atoms with van der Waals surface area (Å²) >= 11 is 12.0. The maximum atomic E-state index is 13.1. The summed E-state index contributed by atoms with van der Waals surface area (Å²) in [5, 5.41) is 3.69. The lowest BCUT2D eigenvalue weighted by molar-refractivity contribution is 0.184. The summed E-state index contributed by atoms with van der Waals surface area (Å²) in [6.45, 7) is 2.53. The van der Waals surface area contributed by atoms with Crippen molar-refractivity contribution in [1.82, 2.24) is 19.4 Å². The number of aromatic amines is 1. The van der Waals surface area contributed by atoms with Gasteiger partial charge >= 0.3 is 11.7 Å². The molecular formula is C29H31Cl2N5O3. The van der Waals surface area contributed by atoms with Gasteiger partial charge < -0.3 is 24.8 Å². The number of carbonyl (C=O) groups is 1. The van der Waals surface area contributed by atoms with E-state index in [0.29, 0.717) is 48.3 Å². The molecule has 204 valence electrons. The number of likely N-dealkylation sites (tertiary alicyclic amines) is 1. The van der Waals surface area contributed by atoms with E-state index in [9.17, 15) is 9.59 Å². The highest BCUT2D eigenvalue weighted by Crippen LogP contribution is 2.32. The van der Waals surface area contributed by atoms with Crippen molar-refractivity contribution < 1.29 is 9.53 Å².